The summed E-state index contributed by atoms with van der Waals surface area (Å²) in [6.07, 6.45) is 1.59. The van der Waals surface area contributed by atoms with Crippen LogP contribution in [0.5, 0.6) is 0 Å². The molecule has 5 heteroatoms. The average molecular weight is 196 g/mol. The lowest BCUT2D eigenvalue weighted by atomic mass is 10.5. The van der Waals surface area contributed by atoms with Crippen LogP contribution in [0.2, 0.25) is 0 Å². The highest BCUT2D eigenvalue weighted by Gasteiger charge is 2.68. The normalized spacial score (nSPS) is 26.9. The molecular weight excluding hydrogens is 188 g/mol. The summed E-state index contributed by atoms with van der Waals surface area (Å²) < 4.78 is 21.2. The standard InChI is InChI=1S/C8H8N2O2S/c9-5-7(1-2-7)13(11,12)8(6-10)3-4-8/h1-4H2. The van der Waals surface area contributed by atoms with E-state index in [0.29, 0.717) is 25.7 Å². The maximum absolute atomic E-state index is 11.8. The van der Waals surface area contributed by atoms with Gasteiger partial charge in [-0.3, -0.25) is 0 Å². The van der Waals surface area contributed by atoms with Crippen molar-refractivity contribution in [3.63, 3.8) is 0 Å². The van der Waals surface area contributed by atoms with Crippen LogP contribution in [0.15, 0.2) is 0 Å². The fraction of sp³-hybridized carbons (Fsp3) is 0.750. The summed E-state index contributed by atoms with van der Waals surface area (Å²) in [4.78, 5) is 0. The predicted octanol–water partition coefficient (Wildman–Crippen LogP) is 0.514. The third-order valence-electron chi connectivity index (χ3n) is 2.84. The first-order valence-electron chi connectivity index (χ1n) is 4.10. The number of nitriles is 2. The second kappa shape index (κ2) is 2.05. The highest BCUT2D eigenvalue weighted by molar-refractivity contribution is 7.95. The van der Waals surface area contributed by atoms with Gasteiger partial charge in [-0.2, -0.15) is 10.5 Å². The molecule has 68 valence electrons. The molecule has 0 radical (unpaired) electrons. The molecule has 0 aromatic carbocycles. The van der Waals surface area contributed by atoms with Gasteiger partial charge in [0, 0.05) is 0 Å². The Morgan fingerprint density at radius 2 is 1.23 bits per heavy atom. The summed E-state index contributed by atoms with van der Waals surface area (Å²) in [6.45, 7) is 0. The fourth-order valence-corrected chi connectivity index (χ4v) is 3.75. The Balaban J connectivity index is 2.46. The number of sulfone groups is 1. The van der Waals surface area contributed by atoms with E-state index in [-0.39, 0.29) is 0 Å². The van der Waals surface area contributed by atoms with Gasteiger partial charge < -0.3 is 0 Å². The van der Waals surface area contributed by atoms with Gasteiger partial charge in [-0.05, 0) is 25.7 Å². The molecule has 0 N–H and O–H groups in total. The first kappa shape index (κ1) is 8.52. The Labute approximate surface area is 76.7 Å². The number of rotatable bonds is 2. The van der Waals surface area contributed by atoms with Crippen LogP contribution in [0.4, 0.5) is 0 Å². The molecule has 0 aromatic rings. The molecule has 2 fully saturated rings. The first-order chi connectivity index (χ1) is 6.04. The van der Waals surface area contributed by atoms with Crippen molar-refractivity contribution in [1.29, 1.82) is 10.5 Å². The summed E-state index contributed by atoms with van der Waals surface area (Å²) in [6, 6.07) is 3.67. The van der Waals surface area contributed by atoms with Gasteiger partial charge in [0.25, 0.3) is 0 Å². The lowest BCUT2D eigenvalue weighted by molar-refractivity contribution is 0.580. The third-order valence-corrected chi connectivity index (χ3v) is 5.90. The van der Waals surface area contributed by atoms with E-state index < -0.39 is 19.3 Å². The maximum Gasteiger partial charge on any atom is 0.188 e. The van der Waals surface area contributed by atoms with Crippen molar-refractivity contribution in [2.45, 2.75) is 35.2 Å². The predicted molar refractivity (Wildman–Crippen MR) is 44.1 cm³/mol. The van der Waals surface area contributed by atoms with E-state index in [4.69, 9.17) is 10.5 Å². The minimum atomic E-state index is -3.54. The summed E-state index contributed by atoms with van der Waals surface area (Å²) in [5.74, 6) is 0. The van der Waals surface area contributed by atoms with Gasteiger partial charge in [-0.25, -0.2) is 8.42 Å². The van der Waals surface area contributed by atoms with E-state index in [1.165, 1.54) is 0 Å². The molecule has 2 aliphatic carbocycles. The topological polar surface area (TPSA) is 81.7 Å². The summed E-state index contributed by atoms with van der Waals surface area (Å²) in [5, 5.41) is 17.5. The Morgan fingerprint density at radius 3 is 1.38 bits per heavy atom. The van der Waals surface area contributed by atoms with Crippen molar-refractivity contribution in [2.24, 2.45) is 0 Å². The summed E-state index contributed by atoms with van der Waals surface area (Å²) in [7, 11) is -3.54. The van der Waals surface area contributed by atoms with E-state index in [2.05, 4.69) is 0 Å². The van der Waals surface area contributed by atoms with Crippen molar-refractivity contribution < 1.29 is 8.42 Å². The molecule has 2 saturated carbocycles. The molecule has 0 aromatic heterocycles. The molecule has 0 bridgehead atoms. The molecule has 13 heavy (non-hydrogen) atoms. The molecule has 2 aliphatic rings. The minimum absolute atomic E-state index is 0.398. The fourth-order valence-electron chi connectivity index (χ4n) is 1.48. The zero-order chi connectivity index (χ0) is 9.74. The zero-order valence-electron chi connectivity index (χ0n) is 6.95. The Morgan fingerprint density at radius 1 is 0.923 bits per heavy atom. The van der Waals surface area contributed by atoms with Crippen molar-refractivity contribution in [2.75, 3.05) is 0 Å². The lowest BCUT2D eigenvalue weighted by Crippen LogP contribution is -2.33. The Bertz CT molecular complexity index is 394. The molecule has 0 unspecified atom stereocenters. The van der Waals surface area contributed by atoms with Crippen molar-refractivity contribution in [3.05, 3.63) is 0 Å². The van der Waals surface area contributed by atoms with E-state index in [1.54, 1.807) is 0 Å². The summed E-state index contributed by atoms with van der Waals surface area (Å²) in [5.41, 5.74) is 0. The molecule has 0 saturated heterocycles. The monoisotopic (exact) mass is 196 g/mol. The van der Waals surface area contributed by atoms with Crippen molar-refractivity contribution in [1.82, 2.24) is 0 Å². The van der Waals surface area contributed by atoms with Crippen LogP contribution in [-0.4, -0.2) is 17.9 Å². The maximum atomic E-state index is 11.8. The number of hydrogen-bond donors (Lipinski definition) is 0. The molecule has 2 rings (SSSR count). The van der Waals surface area contributed by atoms with Gasteiger partial charge in [0.1, 0.15) is 0 Å². The van der Waals surface area contributed by atoms with Crippen LogP contribution >= 0.6 is 0 Å². The van der Waals surface area contributed by atoms with Crippen LogP contribution in [0.3, 0.4) is 0 Å². The SMILES string of the molecule is N#CC1(S(=O)(=O)C2(C#N)CC2)CC1. The van der Waals surface area contributed by atoms with Crippen molar-refractivity contribution in [3.8, 4) is 12.1 Å². The number of nitrogens with zero attached hydrogens (tertiary/aromatic N) is 2. The van der Waals surface area contributed by atoms with Crippen LogP contribution in [0, 0.1) is 22.7 Å². The van der Waals surface area contributed by atoms with Crippen molar-refractivity contribution >= 4 is 9.84 Å². The first-order valence-corrected chi connectivity index (χ1v) is 5.59. The van der Waals surface area contributed by atoms with Gasteiger partial charge in [0.2, 0.25) is 0 Å². The number of hydrogen-bond acceptors (Lipinski definition) is 4. The van der Waals surface area contributed by atoms with E-state index in [0.717, 1.165) is 0 Å². The molecule has 0 aliphatic heterocycles. The van der Waals surface area contributed by atoms with Gasteiger partial charge in [0.05, 0.1) is 12.1 Å². The summed E-state index contributed by atoms with van der Waals surface area (Å²) >= 11 is 0. The molecule has 0 atom stereocenters. The quantitative estimate of drug-likeness (QED) is 0.644. The van der Waals surface area contributed by atoms with E-state index in [1.807, 2.05) is 12.1 Å². The van der Waals surface area contributed by atoms with E-state index >= 15 is 0 Å². The third kappa shape index (κ3) is 0.804. The smallest absolute Gasteiger partial charge is 0.188 e. The molecule has 0 heterocycles. The molecule has 0 spiro atoms. The zero-order valence-corrected chi connectivity index (χ0v) is 7.76. The Kier molecular flexibility index (Phi) is 1.34. The van der Waals surface area contributed by atoms with Gasteiger partial charge in [-0.1, -0.05) is 0 Å². The lowest BCUT2D eigenvalue weighted by Gasteiger charge is -2.11. The van der Waals surface area contributed by atoms with Crippen LogP contribution in [0.25, 0.3) is 0 Å². The molecular formula is C8H8N2O2S. The van der Waals surface area contributed by atoms with Crippen LogP contribution < -0.4 is 0 Å². The van der Waals surface area contributed by atoms with Gasteiger partial charge in [0.15, 0.2) is 19.3 Å². The van der Waals surface area contributed by atoms with E-state index in [9.17, 15) is 8.42 Å². The molecule has 0 amide bonds. The van der Waals surface area contributed by atoms with Crippen LogP contribution in [-0.2, 0) is 9.84 Å². The second-order valence-corrected chi connectivity index (χ2v) is 6.29. The van der Waals surface area contributed by atoms with Gasteiger partial charge >= 0.3 is 0 Å². The highest BCUT2D eigenvalue weighted by Crippen LogP contribution is 2.55. The average Bonchev–Trinajstić information content (AvgIpc) is 3.00. The van der Waals surface area contributed by atoms with Crippen LogP contribution in [0.1, 0.15) is 25.7 Å². The second-order valence-electron chi connectivity index (χ2n) is 3.72. The van der Waals surface area contributed by atoms with Gasteiger partial charge in [-0.15, -0.1) is 0 Å². The molecule has 4 nitrogen and oxygen atoms in total. The minimum Gasteiger partial charge on any atom is -0.226 e. The Hall–Kier alpha value is -1.07. The largest absolute Gasteiger partial charge is 0.226 e. The highest BCUT2D eigenvalue weighted by atomic mass is 32.2.